The first kappa shape index (κ1) is 12.4. The molecule has 0 fully saturated rings. The Kier molecular flexibility index (Phi) is 4.64. The van der Waals surface area contributed by atoms with E-state index in [4.69, 9.17) is 0 Å². The molecule has 1 heterocycles. The van der Waals surface area contributed by atoms with Gasteiger partial charge in [0.1, 0.15) is 6.29 Å². The van der Waals surface area contributed by atoms with E-state index in [0.29, 0.717) is 17.9 Å². The molecule has 1 aromatic heterocycles. The summed E-state index contributed by atoms with van der Waals surface area (Å²) in [5.41, 5.74) is 0.519. The highest BCUT2D eigenvalue weighted by atomic mass is 16.2. The van der Waals surface area contributed by atoms with Crippen molar-refractivity contribution >= 4 is 12.2 Å². The van der Waals surface area contributed by atoms with Crippen molar-refractivity contribution in [3.63, 3.8) is 0 Å². The van der Waals surface area contributed by atoms with Crippen LogP contribution in [0.5, 0.6) is 0 Å². The summed E-state index contributed by atoms with van der Waals surface area (Å²) in [6.45, 7) is 4.02. The van der Waals surface area contributed by atoms with E-state index in [1.165, 1.54) is 0 Å². The molecule has 1 atom stereocenters. The van der Waals surface area contributed by atoms with Crippen LogP contribution in [-0.2, 0) is 4.79 Å². The van der Waals surface area contributed by atoms with Crippen molar-refractivity contribution in [3.05, 3.63) is 30.1 Å². The number of amides is 1. The van der Waals surface area contributed by atoms with Gasteiger partial charge in [0.2, 0.25) is 0 Å². The van der Waals surface area contributed by atoms with Crippen LogP contribution in [0.1, 0.15) is 30.6 Å². The van der Waals surface area contributed by atoms with Gasteiger partial charge in [0.25, 0.3) is 5.91 Å². The average molecular weight is 220 g/mol. The maximum atomic E-state index is 11.7. The first-order valence-electron chi connectivity index (χ1n) is 5.29. The second-order valence-electron chi connectivity index (χ2n) is 4.08. The summed E-state index contributed by atoms with van der Waals surface area (Å²) in [5.74, 6) is 0.132. The number of hydrogen-bond donors (Lipinski definition) is 1. The fraction of sp³-hybridized carbons (Fsp3) is 0.417. The monoisotopic (exact) mass is 220 g/mol. The van der Waals surface area contributed by atoms with Crippen LogP contribution in [0.2, 0.25) is 0 Å². The highest BCUT2D eigenvalue weighted by Gasteiger charge is 2.13. The van der Waals surface area contributed by atoms with Crippen molar-refractivity contribution in [3.8, 4) is 0 Å². The minimum atomic E-state index is -0.416. The number of aldehydes is 1. The first-order chi connectivity index (χ1) is 7.63. The number of hydrogen-bond acceptors (Lipinski definition) is 3. The molecule has 86 valence electrons. The molecule has 0 saturated heterocycles. The smallest absolute Gasteiger partial charge is 0.251 e. The Morgan fingerprint density at radius 3 is 2.56 bits per heavy atom. The molecule has 0 aliphatic rings. The number of rotatable bonds is 5. The SMILES string of the molecule is CC(C)CC(C=O)NC(=O)c1ccncc1. The highest BCUT2D eigenvalue weighted by molar-refractivity contribution is 5.95. The van der Waals surface area contributed by atoms with Crippen LogP contribution < -0.4 is 5.32 Å². The van der Waals surface area contributed by atoms with Gasteiger partial charge in [-0.1, -0.05) is 13.8 Å². The minimum Gasteiger partial charge on any atom is -0.343 e. The van der Waals surface area contributed by atoms with Crippen molar-refractivity contribution in [2.75, 3.05) is 0 Å². The van der Waals surface area contributed by atoms with Gasteiger partial charge in [-0.25, -0.2) is 0 Å². The van der Waals surface area contributed by atoms with E-state index >= 15 is 0 Å². The van der Waals surface area contributed by atoms with Gasteiger partial charge in [-0.2, -0.15) is 0 Å². The lowest BCUT2D eigenvalue weighted by Crippen LogP contribution is -2.36. The lowest BCUT2D eigenvalue weighted by atomic mass is 10.0. The molecule has 1 unspecified atom stereocenters. The summed E-state index contributed by atoms with van der Waals surface area (Å²) in [6, 6.07) is 2.82. The normalized spacial score (nSPS) is 12.2. The van der Waals surface area contributed by atoms with E-state index in [1.54, 1.807) is 24.5 Å². The van der Waals surface area contributed by atoms with Crippen LogP contribution in [0, 0.1) is 5.92 Å². The van der Waals surface area contributed by atoms with E-state index in [-0.39, 0.29) is 5.91 Å². The molecule has 4 heteroatoms. The van der Waals surface area contributed by atoms with Gasteiger partial charge in [0, 0.05) is 18.0 Å². The van der Waals surface area contributed by atoms with E-state index in [1.807, 2.05) is 13.8 Å². The Morgan fingerprint density at radius 1 is 1.44 bits per heavy atom. The van der Waals surface area contributed by atoms with Crippen LogP contribution in [0.25, 0.3) is 0 Å². The van der Waals surface area contributed by atoms with E-state index < -0.39 is 6.04 Å². The molecule has 1 rings (SSSR count). The molecule has 0 radical (unpaired) electrons. The molecule has 0 aliphatic carbocycles. The Labute approximate surface area is 95.1 Å². The number of pyridine rings is 1. The topological polar surface area (TPSA) is 59.1 Å². The zero-order valence-electron chi connectivity index (χ0n) is 9.51. The third-order valence-electron chi connectivity index (χ3n) is 2.15. The standard InChI is InChI=1S/C12H16N2O2/c1-9(2)7-11(8-15)14-12(16)10-3-5-13-6-4-10/h3-6,8-9,11H,7H2,1-2H3,(H,14,16). The van der Waals surface area contributed by atoms with Gasteiger partial charge in [-0.05, 0) is 24.5 Å². The molecule has 1 amide bonds. The fourth-order valence-corrected chi connectivity index (χ4v) is 1.41. The van der Waals surface area contributed by atoms with Gasteiger partial charge in [0.05, 0.1) is 6.04 Å². The molecule has 16 heavy (non-hydrogen) atoms. The molecule has 1 N–H and O–H groups in total. The summed E-state index contributed by atoms with van der Waals surface area (Å²) in [7, 11) is 0. The zero-order valence-corrected chi connectivity index (χ0v) is 9.51. The third-order valence-corrected chi connectivity index (χ3v) is 2.15. The fourth-order valence-electron chi connectivity index (χ4n) is 1.41. The van der Waals surface area contributed by atoms with Crippen LogP contribution in [-0.4, -0.2) is 23.2 Å². The first-order valence-corrected chi connectivity index (χ1v) is 5.29. The number of nitrogens with one attached hydrogen (secondary N) is 1. The molecule has 4 nitrogen and oxygen atoms in total. The predicted octanol–water partition coefficient (Wildman–Crippen LogP) is 1.43. The van der Waals surface area contributed by atoms with Gasteiger partial charge in [0.15, 0.2) is 0 Å². The Hall–Kier alpha value is -1.71. The van der Waals surface area contributed by atoms with Gasteiger partial charge < -0.3 is 10.1 Å². The summed E-state index contributed by atoms with van der Waals surface area (Å²) in [6.07, 6.45) is 4.53. The second kappa shape index (κ2) is 6.00. The molecular formula is C12H16N2O2. The van der Waals surface area contributed by atoms with Gasteiger partial charge in [-0.15, -0.1) is 0 Å². The maximum Gasteiger partial charge on any atom is 0.251 e. The van der Waals surface area contributed by atoms with Crippen molar-refractivity contribution in [1.82, 2.24) is 10.3 Å². The molecule has 0 aromatic carbocycles. The Bertz CT molecular complexity index is 349. The van der Waals surface area contributed by atoms with Gasteiger partial charge in [-0.3, -0.25) is 9.78 Å². The quantitative estimate of drug-likeness (QED) is 0.763. The van der Waals surface area contributed by atoms with E-state index in [0.717, 1.165) is 6.29 Å². The van der Waals surface area contributed by atoms with E-state index in [2.05, 4.69) is 10.3 Å². The van der Waals surface area contributed by atoms with Crippen LogP contribution in [0.15, 0.2) is 24.5 Å². The largest absolute Gasteiger partial charge is 0.343 e. The molecule has 1 aromatic rings. The third kappa shape index (κ3) is 3.81. The number of carbonyl (C=O) groups is 2. The summed E-state index contributed by atoms with van der Waals surface area (Å²) in [5, 5.41) is 2.68. The Balaban J connectivity index is 2.59. The average Bonchev–Trinajstić information content (AvgIpc) is 2.28. The lowest BCUT2D eigenvalue weighted by molar-refractivity contribution is -0.109. The van der Waals surface area contributed by atoms with Crippen molar-refractivity contribution in [2.45, 2.75) is 26.3 Å². The molecular weight excluding hydrogens is 204 g/mol. The van der Waals surface area contributed by atoms with Crippen molar-refractivity contribution in [1.29, 1.82) is 0 Å². The lowest BCUT2D eigenvalue weighted by Gasteiger charge is -2.14. The summed E-state index contributed by atoms with van der Waals surface area (Å²) in [4.78, 5) is 26.3. The van der Waals surface area contributed by atoms with Gasteiger partial charge >= 0.3 is 0 Å². The molecule has 0 spiro atoms. The predicted molar refractivity (Wildman–Crippen MR) is 61.0 cm³/mol. The summed E-state index contributed by atoms with van der Waals surface area (Å²) >= 11 is 0. The van der Waals surface area contributed by atoms with Crippen LogP contribution in [0.3, 0.4) is 0 Å². The highest BCUT2D eigenvalue weighted by Crippen LogP contribution is 2.04. The maximum absolute atomic E-state index is 11.7. The number of aromatic nitrogens is 1. The van der Waals surface area contributed by atoms with Crippen molar-refractivity contribution in [2.24, 2.45) is 5.92 Å². The van der Waals surface area contributed by atoms with Crippen LogP contribution >= 0.6 is 0 Å². The number of nitrogens with zero attached hydrogens (tertiary/aromatic N) is 1. The van der Waals surface area contributed by atoms with Crippen LogP contribution in [0.4, 0.5) is 0 Å². The molecule has 0 aliphatic heterocycles. The number of carbonyl (C=O) groups excluding carboxylic acids is 2. The Morgan fingerprint density at radius 2 is 2.06 bits per heavy atom. The van der Waals surface area contributed by atoms with Crippen molar-refractivity contribution < 1.29 is 9.59 Å². The summed E-state index contributed by atoms with van der Waals surface area (Å²) < 4.78 is 0. The van der Waals surface area contributed by atoms with E-state index in [9.17, 15) is 9.59 Å². The molecule has 0 saturated carbocycles. The minimum absolute atomic E-state index is 0.236. The molecule has 0 bridgehead atoms. The second-order valence-corrected chi connectivity index (χ2v) is 4.08. The zero-order chi connectivity index (χ0) is 12.0.